The molecule has 1 atom stereocenters. The third-order valence-electron chi connectivity index (χ3n) is 5.91. The Kier molecular flexibility index (Phi) is 5.68. The molecule has 1 unspecified atom stereocenters. The number of rotatable bonds is 5. The van der Waals surface area contributed by atoms with Crippen molar-refractivity contribution in [2.45, 2.75) is 30.2 Å². The average molecular weight is 465 g/mol. The minimum atomic E-state index is -3.82. The highest BCUT2D eigenvalue weighted by Crippen LogP contribution is 2.32. The zero-order valence-corrected chi connectivity index (χ0v) is 18.7. The Bertz CT molecular complexity index is 1290. The maximum absolute atomic E-state index is 12.8. The molecule has 0 bridgehead atoms. The smallest absolute Gasteiger partial charge is 0.262 e. The predicted molar refractivity (Wildman–Crippen MR) is 124 cm³/mol. The number of ether oxygens (including phenoxy) is 2. The van der Waals surface area contributed by atoms with Crippen LogP contribution >= 0.6 is 0 Å². The molecule has 0 fully saturated rings. The maximum Gasteiger partial charge on any atom is 0.262 e. The van der Waals surface area contributed by atoms with Crippen molar-refractivity contribution in [3.05, 3.63) is 83.4 Å². The predicted octanol–water partition coefficient (Wildman–Crippen LogP) is 3.55. The van der Waals surface area contributed by atoms with Crippen LogP contribution in [-0.4, -0.2) is 33.6 Å². The average Bonchev–Trinajstić information content (AvgIpc) is 2.84. The zero-order valence-electron chi connectivity index (χ0n) is 17.9. The van der Waals surface area contributed by atoms with E-state index in [1.54, 1.807) is 30.3 Å². The summed E-state index contributed by atoms with van der Waals surface area (Å²) in [6.07, 6.45) is 2.66. The molecule has 8 heteroatoms. The summed E-state index contributed by atoms with van der Waals surface area (Å²) in [6.45, 7) is 0.812. The van der Waals surface area contributed by atoms with Gasteiger partial charge in [-0.1, -0.05) is 24.3 Å². The lowest BCUT2D eigenvalue weighted by Crippen LogP contribution is -2.38. The number of fused-ring (bicyclic) bond motifs is 2. The van der Waals surface area contributed by atoms with Crippen LogP contribution in [0, 0.1) is 0 Å². The molecule has 3 aromatic carbocycles. The minimum absolute atomic E-state index is 0.0751. The Balaban J connectivity index is 1.23. The summed E-state index contributed by atoms with van der Waals surface area (Å²) in [4.78, 5) is 12.8. The third-order valence-corrected chi connectivity index (χ3v) is 7.28. The molecule has 0 saturated heterocycles. The molecule has 170 valence electrons. The fourth-order valence-electron chi connectivity index (χ4n) is 4.18. The van der Waals surface area contributed by atoms with Crippen LogP contribution in [-0.2, 0) is 22.9 Å². The molecular weight excluding hydrogens is 440 g/mol. The van der Waals surface area contributed by atoms with Gasteiger partial charge in [0, 0.05) is 23.4 Å². The molecule has 33 heavy (non-hydrogen) atoms. The number of hydrogen-bond donors (Lipinski definition) is 2. The second kappa shape index (κ2) is 8.78. The van der Waals surface area contributed by atoms with Crippen LogP contribution in [0.3, 0.4) is 0 Å². The van der Waals surface area contributed by atoms with Crippen LogP contribution in [0.15, 0.2) is 71.6 Å². The number of sulfonamides is 1. The molecule has 2 N–H and O–H groups in total. The fraction of sp³-hybridized carbons (Fsp3) is 0.240. The number of nitrogens with one attached hydrogen (secondary N) is 2. The van der Waals surface area contributed by atoms with Gasteiger partial charge in [-0.05, 0) is 66.8 Å². The minimum Gasteiger partial charge on any atom is -0.486 e. The zero-order chi connectivity index (χ0) is 22.8. The molecule has 7 nitrogen and oxygen atoms in total. The Morgan fingerprint density at radius 2 is 1.61 bits per heavy atom. The molecule has 1 aliphatic carbocycles. The van der Waals surface area contributed by atoms with E-state index in [1.807, 2.05) is 12.1 Å². The molecule has 0 saturated carbocycles. The number of carbonyl (C=O) groups is 1. The lowest BCUT2D eigenvalue weighted by Gasteiger charge is -2.25. The molecular formula is C25H24N2O5S. The number of benzene rings is 3. The standard InChI is InChI=1S/C25H24N2O5S/c28-25(26-21-10-5-17-3-1-2-4-19(17)15-21)18-6-8-20(9-7-18)27-33(29,30)22-11-12-23-24(16-22)32-14-13-31-23/h1-4,6-9,11-12,16,21,27H,5,10,13-15H2,(H,26,28). The summed E-state index contributed by atoms with van der Waals surface area (Å²) in [5.74, 6) is 0.763. The third kappa shape index (κ3) is 4.66. The Morgan fingerprint density at radius 1 is 0.879 bits per heavy atom. The van der Waals surface area contributed by atoms with Gasteiger partial charge in [0.05, 0.1) is 4.90 Å². The topological polar surface area (TPSA) is 93.7 Å². The summed E-state index contributed by atoms with van der Waals surface area (Å²) in [5, 5.41) is 3.10. The van der Waals surface area contributed by atoms with Gasteiger partial charge in [-0.15, -0.1) is 0 Å². The summed E-state index contributed by atoms with van der Waals surface area (Å²) < 4.78 is 39.0. The first-order valence-electron chi connectivity index (χ1n) is 10.9. The lowest BCUT2D eigenvalue weighted by molar-refractivity contribution is 0.0933. The van der Waals surface area contributed by atoms with Crippen molar-refractivity contribution in [2.75, 3.05) is 17.9 Å². The van der Waals surface area contributed by atoms with E-state index in [-0.39, 0.29) is 16.8 Å². The van der Waals surface area contributed by atoms with Gasteiger partial charge in [-0.3, -0.25) is 9.52 Å². The van der Waals surface area contributed by atoms with Crippen LogP contribution in [0.2, 0.25) is 0 Å². The van der Waals surface area contributed by atoms with Crippen molar-refractivity contribution in [2.24, 2.45) is 0 Å². The monoisotopic (exact) mass is 464 g/mol. The van der Waals surface area contributed by atoms with Gasteiger partial charge in [0.2, 0.25) is 0 Å². The quantitative estimate of drug-likeness (QED) is 0.602. The number of aryl methyl sites for hydroxylation is 1. The molecule has 1 amide bonds. The highest BCUT2D eigenvalue weighted by molar-refractivity contribution is 7.92. The van der Waals surface area contributed by atoms with E-state index in [1.165, 1.54) is 23.3 Å². The SMILES string of the molecule is O=C(NC1CCc2ccccc2C1)c1ccc(NS(=O)(=O)c2ccc3c(c2)OCCO3)cc1. The second-order valence-corrected chi connectivity index (χ2v) is 9.85. The van der Waals surface area contributed by atoms with E-state index in [2.05, 4.69) is 22.2 Å². The van der Waals surface area contributed by atoms with E-state index in [0.29, 0.717) is 36.0 Å². The molecule has 1 aliphatic heterocycles. The number of hydrogen-bond acceptors (Lipinski definition) is 5. The fourth-order valence-corrected chi connectivity index (χ4v) is 5.26. The number of amides is 1. The summed E-state index contributed by atoms with van der Waals surface area (Å²) >= 11 is 0. The molecule has 2 aliphatic rings. The van der Waals surface area contributed by atoms with Crippen molar-refractivity contribution in [3.8, 4) is 11.5 Å². The summed E-state index contributed by atoms with van der Waals surface area (Å²) in [5.41, 5.74) is 3.47. The summed E-state index contributed by atoms with van der Waals surface area (Å²) in [7, 11) is -3.82. The van der Waals surface area contributed by atoms with Gasteiger partial charge in [0.25, 0.3) is 15.9 Å². The number of carbonyl (C=O) groups excluding carboxylic acids is 1. The van der Waals surface area contributed by atoms with Crippen molar-refractivity contribution < 1.29 is 22.7 Å². The van der Waals surface area contributed by atoms with Crippen molar-refractivity contribution in [1.29, 1.82) is 0 Å². The molecule has 0 spiro atoms. The Hall–Kier alpha value is -3.52. The van der Waals surface area contributed by atoms with Crippen molar-refractivity contribution in [1.82, 2.24) is 5.32 Å². The molecule has 3 aromatic rings. The molecule has 0 radical (unpaired) electrons. The van der Waals surface area contributed by atoms with Gasteiger partial charge in [-0.25, -0.2) is 8.42 Å². The molecule has 1 heterocycles. The van der Waals surface area contributed by atoms with E-state index < -0.39 is 10.0 Å². The van der Waals surface area contributed by atoms with E-state index >= 15 is 0 Å². The highest BCUT2D eigenvalue weighted by atomic mass is 32.2. The van der Waals surface area contributed by atoms with Crippen molar-refractivity contribution >= 4 is 21.6 Å². The molecule has 0 aromatic heterocycles. The van der Waals surface area contributed by atoms with Crippen LogP contribution in [0.1, 0.15) is 27.9 Å². The first-order chi connectivity index (χ1) is 16.0. The first-order valence-corrected chi connectivity index (χ1v) is 12.4. The van der Waals surface area contributed by atoms with Crippen LogP contribution in [0.4, 0.5) is 5.69 Å². The molecule has 5 rings (SSSR count). The Labute approximate surface area is 192 Å². The van der Waals surface area contributed by atoms with Crippen molar-refractivity contribution in [3.63, 3.8) is 0 Å². The second-order valence-electron chi connectivity index (χ2n) is 8.17. The normalized spacial score (nSPS) is 17.0. The van der Waals surface area contributed by atoms with Crippen LogP contribution in [0.5, 0.6) is 11.5 Å². The lowest BCUT2D eigenvalue weighted by atomic mass is 9.88. The van der Waals surface area contributed by atoms with Crippen LogP contribution < -0.4 is 19.5 Å². The van der Waals surface area contributed by atoms with Gasteiger partial charge in [-0.2, -0.15) is 0 Å². The summed E-state index contributed by atoms with van der Waals surface area (Å²) in [6, 6.07) is 19.3. The first kappa shape index (κ1) is 21.3. The van der Waals surface area contributed by atoms with E-state index in [4.69, 9.17) is 9.47 Å². The van der Waals surface area contributed by atoms with Crippen LogP contribution in [0.25, 0.3) is 0 Å². The maximum atomic E-state index is 12.8. The Morgan fingerprint density at radius 3 is 2.39 bits per heavy atom. The van der Waals surface area contributed by atoms with Gasteiger partial charge in [0.15, 0.2) is 11.5 Å². The largest absolute Gasteiger partial charge is 0.486 e. The van der Waals surface area contributed by atoms with Gasteiger partial charge < -0.3 is 14.8 Å². The van der Waals surface area contributed by atoms with Gasteiger partial charge in [0.1, 0.15) is 13.2 Å². The highest BCUT2D eigenvalue weighted by Gasteiger charge is 2.22. The number of anilines is 1. The van der Waals surface area contributed by atoms with E-state index in [0.717, 1.165) is 19.3 Å². The van der Waals surface area contributed by atoms with Gasteiger partial charge >= 0.3 is 0 Å². The van der Waals surface area contributed by atoms with E-state index in [9.17, 15) is 13.2 Å².